The molecule has 2 rings (SSSR count). The minimum absolute atomic E-state index is 0.0864. The second-order valence-electron chi connectivity index (χ2n) is 5.22. The Morgan fingerprint density at radius 1 is 1.10 bits per heavy atom. The molecule has 21 heavy (non-hydrogen) atoms. The van der Waals surface area contributed by atoms with Gasteiger partial charge in [0, 0.05) is 11.4 Å². The van der Waals surface area contributed by atoms with Crippen molar-refractivity contribution in [2.24, 2.45) is 0 Å². The van der Waals surface area contributed by atoms with E-state index >= 15 is 0 Å². The van der Waals surface area contributed by atoms with Crippen LogP contribution in [-0.4, -0.2) is 18.2 Å². The summed E-state index contributed by atoms with van der Waals surface area (Å²) in [6.07, 6.45) is 0. The van der Waals surface area contributed by atoms with E-state index in [-0.39, 0.29) is 5.91 Å². The van der Waals surface area contributed by atoms with Crippen molar-refractivity contribution in [3.8, 4) is 0 Å². The van der Waals surface area contributed by atoms with Crippen LogP contribution in [0, 0.1) is 6.92 Å². The van der Waals surface area contributed by atoms with Gasteiger partial charge in [0.2, 0.25) is 5.91 Å². The smallest absolute Gasteiger partial charge is 0.230 e. The molecule has 1 N–H and O–H groups in total. The summed E-state index contributed by atoms with van der Waals surface area (Å²) in [6, 6.07) is 18.5. The molecule has 0 bridgehead atoms. The topological polar surface area (TPSA) is 29.1 Å². The molecule has 1 atom stereocenters. The molecule has 0 saturated carbocycles. The van der Waals surface area contributed by atoms with E-state index in [0.717, 1.165) is 4.90 Å². The van der Waals surface area contributed by atoms with Crippen molar-refractivity contribution in [2.45, 2.75) is 24.7 Å². The predicted molar refractivity (Wildman–Crippen MR) is 89.8 cm³/mol. The Labute approximate surface area is 131 Å². The monoisotopic (exact) mass is 299 g/mol. The number of nitrogens with one attached hydrogen (secondary N) is 1. The van der Waals surface area contributed by atoms with Crippen molar-refractivity contribution in [1.82, 2.24) is 5.32 Å². The summed E-state index contributed by atoms with van der Waals surface area (Å²) in [7, 11) is 0. The number of benzene rings is 2. The first-order chi connectivity index (χ1) is 10.1. The van der Waals surface area contributed by atoms with Crippen LogP contribution in [0.1, 0.15) is 24.0 Å². The van der Waals surface area contributed by atoms with Crippen molar-refractivity contribution in [3.63, 3.8) is 0 Å². The normalized spacial score (nSPS) is 11.9. The zero-order chi connectivity index (χ0) is 15.1. The quantitative estimate of drug-likeness (QED) is 0.817. The van der Waals surface area contributed by atoms with Gasteiger partial charge >= 0.3 is 0 Å². The Morgan fingerprint density at radius 3 is 2.43 bits per heavy atom. The second kappa shape index (κ2) is 7.89. The molecule has 0 aliphatic carbocycles. The first-order valence-electron chi connectivity index (χ1n) is 7.16. The molecule has 0 heterocycles. The lowest BCUT2D eigenvalue weighted by Crippen LogP contribution is -2.28. The van der Waals surface area contributed by atoms with Crippen LogP contribution in [0.25, 0.3) is 0 Å². The van der Waals surface area contributed by atoms with Gasteiger partial charge in [-0.25, -0.2) is 0 Å². The van der Waals surface area contributed by atoms with Gasteiger partial charge in [-0.15, -0.1) is 11.8 Å². The van der Waals surface area contributed by atoms with Crippen LogP contribution < -0.4 is 5.32 Å². The molecular weight excluding hydrogens is 278 g/mol. The van der Waals surface area contributed by atoms with Crippen molar-refractivity contribution >= 4 is 17.7 Å². The van der Waals surface area contributed by atoms with Crippen LogP contribution in [-0.2, 0) is 4.79 Å². The second-order valence-corrected chi connectivity index (χ2v) is 6.27. The molecule has 0 fully saturated rings. The molecule has 0 spiro atoms. The lowest BCUT2D eigenvalue weighted by atomic mass is 10.0. The largest absolute Gasteiger partial charge is 0.355 e. The highest BCUT2D eigenvalue weighted by Crippen LogP contribution is 2.18. The van der Waals surface area contributed by atoms with E-state index in [4.69, 9.17) is 0 Å². The third kappa shape index (κ3) is 5.27. The summed E-state index contributed by atoms with van der Waals surface area (Å²) in [5.74, 6) is 0.882. The summed E-state index contributed by atoms with van der Waals surface area (Å²) in [5.41, 5.74) is 2.49. The molecular formula is C18H21NOS. The van der Waals surface area contributed by atoms with E-state index in [9.17, 15) is 4.79 Å². The van der Waals surface area contributed by atoms with E-state index in [1.165, 1.54) is 11.1 Å². The molecule has 0 radical (unpaired) electrons. The number of thioether (sulfide) groups is 1. The van der Waals surface area contributed by atoms with Gasteiger partial charge in [0.1, 0.15) is 0 Å². The number of carbonyl (C=O) groups is 1. The maximum absolute atomic E-state index is 11.9. The summed E-state index contributed by atoms with van der Waals surface area (Å²) >= 11 is 1.57. The van der Waals surface area contributed by atoms with E-state index in [1.54, 1.807) is 11.8 Å². The maximum Gasteiger partial charge on any atom is 0.230 e. The van der Waals surface area contributed by atoms with Crippen molar-refractivity contribution < 1.29 is 4.79 Å². The minimum atomic E-state index is 0.0864. The zero-order valence-electron chi connectivity index (χ0n) is 12.5. The molecule has 1 amide bonds. The Kier molecular flexibility index (Phi) is 5.88. The zero-order valence-corrected chi connectivity index (χ0v) is 13.3. The number of amides is 1. The number of carbonyl (C=O) groups excluding carboxylic acids is 1. The fourth-order valence-electron chi connectivity index (χ4n) is 2.00. The Morgan fingerprint density at radius 2 is 1.76 bits per heavy atom. The van der Waals surface area contributed by atoms with Crippen LogP contribution in [0.4, 0.5) is 0 Å². The number of rotatable bonds is 6. The Bertz CT molecular complexity index is 566. The molecule has 0 aliphatic heterocycles. The van der Waals surface area contributed by atoms with Crippen molar-refractivity contribution in [3.05, 3.63) is 65.7 Å². The molecule has 110 valence electrons. The van der Waals surface area contributed by atoms with Crippen molar-refractivity contribution in [2.75, 3.05) is 12.3 Å². The average Bonchev–Trinajstić information content (AvgIpc) is 2.53. The van der Waals surface area contributed by atoms with Gasteiger partial charge in [0.25, 0.3) is 0 Å². The molecule has 2 aromatic rings. The SMILES string of the molecule is Cc1ccc(SCC(=O)NC[C@H](C)c2ccccc2)cc1. The van der Waals surface area contributed by atoms with Gasteiger partial charge in [0.05, 0.1) is 5.75 Å². The first-order valence-corrected chi connectivity index (χ1v) is 8.15. The third-order valence-corrected chi connectivity index (χ3v) is 4.38. The van der Waals surface area contributed by atoms with Gasteiger partial charge in [0.15, 0.2) is 0 Å². The highest BCUT2D eigenvalue weighted by molar-refractivity contribution is 8.00. The summed E-state index contributed by atoms with van der Waals surface area (Å²) in [6.45, 7) is 4.87. The average molecular weight is 299 g/mol. The number of hydrogen-bond donors (Lipinski definition) is 1. The lowest BCUT2D eigenvalue weighted by Gasteiger charge is -2.13. The standard InChI is InChI=1S/C18H21NOS/c1-14-8-10-17(11-9-14)21-13-18(20)19-12-15(2)16-6-4-3-5-7-16/h3-11,15H,12-13H2,1-2H3,(H,19,20)/t15-/m0/s1. The van der Waals surface area contributed by atoms with E-state index in [1.807, 2.05) is 18.2 Å². The highest BCUT2D eigenvalue weighted by Gasteiger charge is 2.07. The first kappa shape index (κ1) is 15.6. The van der Waals surface area contributed by atoms with E-state index < -0.39 is 0 Å². The van der Waals surface area contributed by atoms with Gasteiger partial charge in [-0.3, -0.25) is 4.79 Å². The Hall–Kier alpha value is -1.74. The van der Waals surface area contributed by atoms with Gasteiger partial charge in [-0.05, 0) is 30.5 Å². The number of hydrogen-bond acceptors (Lipinski definition) is 2. The summed E-state index contributed by atoms with van der Waals surface area (Å²) in [5, 5.41) is 3.00. The van der Waals surface area contributed by atoms with Gasteiger partial charge in [-0.1, -0.05) is 55.0 Å². The van der Waals surface area contributed by atoms with Crippen LogP contribution in [0.3, 0.4) is 0 Å². The lowest BCUT2D eigenvalue weighted by molar-refractivity contribution is -0.118. The Balaban J connectivity index is 1.73. The van der Waals surface area contributed by atoms with Gasteiger partial charge in [-0.2, -0.15) is 0 Å². The van der Waals surface area contributed by atoms with Crippen LogP contribution in [0.2, 0.25) is 0 Å². The molecule has 0 aliphatic rings. The van der Waals surface area contributed by atoms with E-state index in [2.05, 4.69) is 55.6 Å². The minimum Gasteiger partial charge on any atom is -0.355 e. The maximum atomic E-state index is 11.9. The molecule has 0 aromatic heterocycles. The molecule has 0 unspecified atom stereocenters. The van der Waals surface area contributed by atoms with E-state index in [0.29, 0.717) is 18.2 Å². The summed E-state index contributed by atoms with van der Waals surface area (Å²) in [4.78, 5) is 13.0. The molecule has 2 aromatic carbocycles. The summed E-state index contributed by atoms with van der Waals surface area (Å²) < 4.78 is 0. The fraction of sp³-hybridized carbons (Fsp3) is 0.278. The highest BCUT2D eigenvalue weighted by atomic mass is 32.2. The molecule has 3 heteroatoms. The van der Waals surface area contributed by atoms with Crippen molar-refractivity contribution in [1.29, 1.82) is 0 Å². The fourth-order valence-corrected chi connectivity index (χ4v) is 2.73. The van der Waals surface area contributed by atoms with Crippen LogP contribution in [0.5, 0.6) is 0 Å². The van der Waals surface area contributed by atoms with Crippen LogP contribution in [0.15, 0.2) is 59.5 Å². The molecule has 0 saturated heterocycles. The third-order valence-electron chi connectivity index (χ3n) is 3.36. The number of aryl methyl sites for hydroxylation is 1. The van der Waals surface area contributed by atoms with Crippen LogP contribution >= 0.6 is 11.8 Å². The molecule has 2 nitrogen and oxygen atoms in total. The van der Waals surface area contributed by atoms with Gasteiger partial charge < -0.3 is 5.32 Å². The predicted octanol–water partition coefficient (Wildman–Crippen LogP) is 4.01.